The Morgan fingerprint density at radius 3 is 2.70 bits per heavy atom. The predicted octanol–water partition coefficient (Wildman–Crippen LogP) is 1.96. The number of hydrogen-bond donors (Lipinski definition) is 0. The minimum Gasteiger partial charge on any atom is -0.492 e. The first kappa shape index (κ1) is 15.3. The normalized spacial score (nSPS) is 19.9. The largest absolute Gasteiger partial charge is 0.492 e. The summed E-state index contributed by atoms with van der Waals surface area (Å²) in [6.45, 7) is 4.89. The molecule has 0 atom stereocenters. The number of piperazine rings is 1. The summed E-state index contributed by atoms with van der Waals surface area (Å²) in [6, 6.07) is 1.93. The van der Waals surface area contributed by atoms with Gasteiger partial charge in [-0.1, -0.05) is 0 Å². The third-order valence-electron chi connectivity index (χ3n) is 3.62. The zero-order valence-corrected chi connectivity index (χ0v) is 13.5. The number of allylic oxidation sites excluding steroid dienone is 1. The highest BCUT2D eigenvalue weighted by molar-refractivity contribution is 8.93. The Labute approximate surface area is 130 Å². The Kier molecular flexibility index (Phi) is 5.37. The molecule has 110 valence electrons. The number of anilines is 1. The molecule has 0 aliphatic carbocycles. The van der Waals surface area contributed by atoms with E-state index in [4.69, 9.17) is 4.74 Å². The summed E-state index contributed by atoms with van der Waals surface area (Å²) in [7, 11) is 2.15. The Morgan fingerprint density at radius 1 is 1.20 bits per heavy atom. The summed E-state index contributed by atoms with van der Waals surface area (Å²) in [6.07, 6.45) is 6.12. The zero-order chi connectivity index (χ0) is 13.1. The zero-order valence-electron chi connectivity index (χ0n) is 11.8. The van der Waals surface area contributed by atoms with Crippen LogP contribution in [-0.2, 0) is 4.74 Å². The quantitative estimate of drug-likeness (QED) is 0.823. The van der Waals surface area contributed by atoms with Crippen LogP contribution in [0.15, 0.2) is 18.3 Å². The standard InChI is InChI=1S/C14H20N4O.BrH/c1-17-7-9-18(10-8-17)14-15-6-5-12(16-14)13-4-2-3-11-19-13;/h4-6H,2-3,7-11H2,1H3;1H. The number of likely N-dealkylation sites (N-methyl/N-ethyl adjacent to an activating group) is 1. The summed E-state index contributed by atoms with van der Waals surface area (Å²) in [5.41, 5.74) is 0.906. The third kappa shape index (κ3) is 3.49. The van der Waals surface area contributed by atoms with Crippen LogP contribution in [0.1, 0.15) is 18.5 Å². The summed E-state index contributed by atoms with van der Waals surface area (Å²) >= 11 is 0. The van der Waals surface area contributed by atoms with Gasteiger partial charge in [0.05, 0.1) is 6.61 Å². The molecule has 0 amide bonds. The van der Waals surface area contributed by atoms with Crippen molar-refractivity contribution in [2.45, 2.75) is 12.8 Å². The second-order valence-corrected chi connectivity index (χ2v) is 5.09. The molecule has 5 nitrogen and oxygen atoms in total. The molecule has 0 bridgehead atoms. The van der Waals surface area contributed by atoms with E-state index in [1.54, 1.807) is 0 Å². The van der Waals surface area contributed by atoms with Crippen LogP contribution in [0, 0.1) is 0 Å². The van der Waals surface area contributed by atoms with Gasteiger partial charge in [0.1, 0.15) is 11.5 Å². The fraction of sp³-hybridized carbons (Fsp3) is 0.571. The van der Waals surface area contributed by atoms with Crippen LogP contribution in [-0.4, -0.2) is 54.7 Å². The van der Waals surface area contributed by atoms with Gasteiger partial charge in [-0.2, -0.15) is 0 Å². The number of ether oxygens (including phenoxy) is 1. The topological polar surface area (TPSA) is 41.5 Å². The van der Waals surface area contributed by atoms with Crippen LogP contribution in [0.4, 0.5) is 5.95 Å². The van der Waals surface area contributed by atoms with Gasteiger partial charge in [-0.05, 0) is 32.0 Å². The van der Waals surface area contributed by atoms with E-state index in [9.17, 15) is 0 Å². The molecule has 0 unspecified atom stereocenters. The Balaban J connectivity index is 0.00000147. The second kappa shape index (κ2) is 7.04. The number of aromatic nitrogens is 2. The van der Waals surface area contributed by atoms with Gasteiger partial charge in [-0.3, -0.25) is 0 Å². The van der Waals surface area contributed by atoms with Crippen molar-refractivity contribution in [2.24, 2.45) is 0 Å². The van der Waals surface area contributed by atoms with E-state index in [1.807, 2.05) is 12.3 Å². The van der Waals surface area contributed by atoms with Crippen molar-refractivity contribution in [3.05, 3.63) is 24.0 Å². The van der Waals surface area contributed by atoms with E-state index < -0.39 is 0 Å². The summed E-state index contributed by atoms with van der Waals surface area (Å²) in [4.78, 5) is 13.6. The van der Waals surface area contributed by atoms with E-state index >= 15 is 0 Å². The van der Waals surface area contributed by atoms with Crippen LogP contribution in [0.25, 0.3) is 5.76 Å². The van der Waals surface area contributed by atoms with Crippen LogP contribution in [0.5, 0.6) is 0 Å². The van der Waals surface area contributed by atoms with Gasteiger partial charge in [0, 0.05) is 32.4 Å². The smallest absolute Gasteiger partial charge is 0.226 e. The van der Waals surface area contributed by atoms with Gasteiger partial charge in [0.15, 0.2) is 0 Å². The molecule has 2 aliphatic rings. The predicted molar refractivity (Wildman–Crippen MR) is 85.2 cm³/mol. The van der Waals surface area contributed by atoms with E-state index in [0.29, 0.717) is 0 Å². The molecule has 1 aromatic heterocycles. The van der Waals surface area contributed by atoms with Gasteiger partial charge in [0.2, 0.25) is 5.95 Å². The lowest BCUT2D eigenvalue weighted by Crippen LogP contribution is -2.45. The lowest BCUT2D eigenvalue weighted by atomic mass is 10.2. The molecule has 3 rings (SSSR count). The number of nitrogens with zero attached hydrogens (tertiary/aromatic N) is 4. The molecular weight excluding hydrogens is 320 g/mol. The van der Waals surface area contributed by atoms with Crippen molar-refractivity contribution < 1.29 is 4.74 Å². The molecule has 1 fully saturated rings. The third-order valence-corrected chi connectivity index (χ3v) is 3.62. The van der Waals surface area contributed by atoms with E-state index in [2.05, 4.69) is 32.9 Å². The van der Waals surface area contributed by atoms with Crippen molar-refractivity contribution in [1.29, 1.82) is 0 Å². The highest BCUT2D eigenvalue weighted by atomic mass is 79.9. The SMILES string of the molecule is Br.CN1CCN(c2nccc(C3=CCCCO3)n2)CC1. The fourth-order valence-corrected chi connectivity index (χ4v) is 2.38. The summed E-state index contributed by atoms with van der Waals surface area (Å²) < 4.78 is 5.67. The molecule has 2 aliphatic heterocycles. The van der Waals surface area contributed by atoms with Crippen molar-refractivity contribution in [2.75, 3.05) is 44.7 Å². The highest BCUT2D eigenvalue weighted by Gasteiger charge is 2.17. The van der Waals surface area contributed by atoms with Crippen molar-refractivity contribution in [1.82, 2.24) is 14.9 Å². The van der Waals surface area contributed by atoms with Crippen LogP contribution in [0.2, 0.25) is 0 Å². The van der Waals surface area contributed by atoms with Crippen LogP contribution in [0.3, 0.4) is 0 Å². The first-order chi connectivity index (χ1) is 9.33. The minimum absolute atomic E-state index is 0. The first-order valence-electron chi connectivity index (χ1n) is 6.93. The Bertz CT molecular complexity index is 472. The molecule has 0 radical (unpaired) electrons. The molecule has 0 aromatic carbocycles. The summed E-state index contributed by atoms with van der Waals surface area (Å²) in [5, 5.41) is 0. The first-order valence-corrected chi connectivity index (χ1v) is 6.93. The Hall–Kier alpha value is -1.14. The van der Waals surface area contributed by atoms with Crippen molar-refractivity contribution in [3.8, 4) is 0 Å². The maximum atomic E-state index is 5.67. The summed E-state index contributed by atoms with van der Waals surface area (Å²) in [5.74, 6) is 1.73. The molecule has 0 spiro atoms. The Morgan fingerprint density at radius 2 is 2.00 bits per heavy atom. The van der Waals surface area contributed by atoms with Crippen molar-refractivity contribution >= 4 is 28.7 Å². The average molecular weight is 341 g/mol. The number of hydrogen-bond acceptors (Lipinski definition) is 5. The fourth-order valence-electron chi connectivity index (χ4n) is 2.38. The second-order valence-electron chi connectivity index (χ2n) is 5.09. The van der Waals surface area contributed by atoms with Crippen molar-refractivity contribution in [3.63, 3.8) is 0 Å². The molecule has 3 heterocycles. The lowest BCUT2D eigenvalue weighted by Gasteiger charge is -2.32. The molecule has 0 N–H and O–H groups in total. The van der Waals surface area contributed by atoms with E-state index in [0.717, 1.165) is 63.0 Å². The monoisotopic (exact) mass is 340 g/mol. The maximum Gasteiger partial charge on any atom is 0.226 e. The molecular formula is C14H21BrN4O. The van der Waals surface area contributed by atoms with E-state index in [-0.39, 0.29) is 17.0 Å². The van der Waals surface area contributed by atoms with Crippen LogP contribution >= 0.6 is 17.0 Å². The number of rotatable bonds is 2. The molecule has 0 saturated carbocycles. The van der Waals surface area contributed by atoms with Gasteiger partial charge in [-0.15, -0.1) is 17.0 Å². The molecule has 6 heteroatoms. The van der Waals surface area contributed by atoms with Gasteiger partial charge < -0.3 is 14.5 Å². The molecule has 1 saturated heterocycles. The highest BCUT2D eigenvalue weighted by Crippen LogP contribution is 2.21. The molecule has 1 aromatic rings. The number of halogens is 1. The average Bonchev–Trinajstić information content (AvgIpc) is 2.49. The van der Waals surface area contributed by atoms with Gasteiger partial charge in [-0.25, -0.2) is 9.97 Å². The van der Waals surface area contributed by atoms with Gasteiger partial charge >= 0.3 is 0 Å². The maximum absolute atomic E-state index is 5.67. The minimum atomic E-state index is 0. The van der Waals surface area contributed by atoms with Gasteiger partial charge in [0.25, 0.3) is 0 Å². The molecule has 20 heavy (non-hydrogen) atoms. The van der Waals surface area contributed by atoms with E-state index in [1.165, 1.54) is 0 Å². The lowest BCUT2D eigenvalue weighted by molar-refractivity contribution is 0.257. The van der Waals surface area contributed by atoms with Crippen LogP contribution < -0.4 is 4.90 Å².